The van der Waals surface area contributed by atoms with Gasteiger partial charge in [-0.2, -0.15) is 0 Å². The summed E-state index contributed by atoms with van der Waals surface area (Å²) in [5.41, 5.74) is 7.04. The first-order chi connectivity index (χ1) is 10.5. The Balaban J connectivity index is 1.85. The highest BCUT2D eigenvalue weighted by Gasteiger charge is 2.37. The first-order valence-electron chi connectivity index (χ1n) is 8.42. The lowest BCUT2D eigenvalue weighted by Crippen LogP contribution is -2.35. The molecule has 2 unspecified atom stereocenters. The third-order valence-electron chi connectivity index (χ3n) is 4.69. The van der Waals surface area contributed by atoms with Gasteiger partial charge in [0.15, 0.2) is 0 Å². The van der Waals surface area contributed by atoms with Crippen molar-refractivity contribution in [3.8, 4) is 0 Å². The van der Waals surface area contributed by atoms with E-state index in [0.717, 1.165) is 37.7 Å². The fourth-order valence-corrected chi connectivity index (χ4v) is 3.14. The molecule has 1 aliphatic heterocycles. The third-order valence-corrected chi connectivity index (χ3v) is 4.69. The molecule has 2 atom stereocenters. The van der Waals surface area contributed by atoms with Crippen LogP contribution in [-0.4, -0.2) is 42.2 Å². The number of hydrogen-bond donors (Lipinski definition) is 1. The molecule has 0 aliphatic carbocycles. The predicted octanol–water partition coefficient (Wildman–Crippen LogP) is 2.68. The standard InChI is InChI=1S/C18H31N3O/c1-18(2,3)15-11-17(21(12-15)10-6-8-19)14-22-13-16-7-4-5-9-20-16/h4-5,7,9,15,17H,6,8,10-14,19H2,1-3H3. The Bertz CT molecular complexity index is 430. The Morgan fingerprint density at radius 2 is 2.18 bits per heavy atom. The Morgan fingerprint density at radius 3 is 2.82 bits per heavy atom. The van der Waals surface area contributed by atoms with Crippen LogP contribution in [0.5, 0.6) is 0 Å². The maximum Gasteiger partial charge on any atom is 0.0888 e. The quantitative estimate of drug-likeness (QED) is 0.841. The Kier molecular flexibility index (Phi) is 6.36. The van der Waals surface area contributed by atoms with Crippen molar-refractivity contribution in [1.29, 1.82) is 0 Å². The van der Waals surface area contributed by atoms with E-state index in [1.807, 2.05) is 24.4 Å². The van der Waals surface area contributed by atoms with Crippen LogP contribution in [0.2, 0.25) is 0 Å². The van der Waals surface area contributed by atoms with Crippen molar-refractivity contribution < 1.29 is 4.74 Å². The molecular formula is C18H31N3O. The number of nitrogens with zero attached hydrogens (tertiary/aromatic N) is 2. The second-order valence-electron chi connectivity index (χ2n) is 7.43. The first-order valence-corrected chi connectivity index (χ1v) is 8.42. The molecular weight excluding hydrogens is 274 g/mol. The van der Waals surface area contributed by atoms with E-state index in [4.69, 9.17) is 10.5 Å². The van der Waals surface area contributed by atoms with Crippen LogP contribution >= 0.6 is 0 Å². The zero-order valence-electron chi connectivity index (χ0n) is 14.3. The molecule has 2 rings (SSSR count). The summed E-state index contributed by atoms with van der Waals surface area (Å²) in [5, 5.41) is 0. The monoisotopic (exact) mass is 305 g/mol. The Labute approximate surface area is 135 Å². The minimum atomic E-state index is 0.358. The van der Waals surface area contributed by atoms with Crippen LogP contribution in [0.3, 0.4) is 0 Å². The molecule has 0 spiro atoms. The van der Waals surface area contributed by atoms with E-state index in [0.29, 0.717) is 18.1 Å². The molecule has 1 aliphatic rings. The Morgan fingerprint density at radius 1 is 1.36 bits per heavy atom. The van der Waals surface area contributed by atoms with Gasteiger partial charge >= 0.3 is 0 Å². The minimum Gasteiger partial charge on any atom is -0.374 e. The SMILES string of the molecule is CC(C)(C)C1CC(COCc2ccccn2)N(CCCN)C1. The van der Waals surface area contributed by atoms with Gasteiger partial charge in [-0.25, -0.2) is 0 Å². The van der Waals surface area contributed by atoms with Crippen LogP contribution in [0.1, 0.15) is 39.3 Å². The van der Waals surface area contributed by atoms with E-state index in [1.165, 1.54) is 13.0 Å². The molecule has 0 saturated carbocycles. The largest absolute Gasteiger partial charge is 0.374 e. The first kappa shape index (κ1) is 17.4. The highest BCUT2D eigenvalue weighted by molar-refractivity contribution is 5.02. The van der Waals surface area contributed by atoms with Gasteiger partial charge in [-0.05, 0) is 49.4 Å². The number of hydrogen-bond acceptors (Lipinski definition) is 4. The van der Waals surface area contributed by atoms with Gasteiger partial charge < -0.3 is 10.5 Å². The molecule has 0 amide bonds. The van der Waals surface area contributed by atoms with Crippen molar-refractivity contribution in [3.63, 3.8) is 0 Å². The summed E-state index contributed by atoms with van der Waals surface area (Å²) in [6, 6.07) is 6.46. The zero-order valence-corrected chi connectivity index (χ0v) is 14.3. The van der Waals surface area contributed by atoms with Gasteiger partial charge in [0.05, 0.1) is 18.9 Å². The number of rotatable bonds is 7. The van der Waals surface area contributed by atoms with E-state index in [2.05, 4.69) is 30.7 Å². The lowest BCUT2D eigenvalue weighted by molar-refractivity contribution is 0.0650. The van der Waals surface area contributed by atoms with E-state index >= 15 is 0 Å². The summed E-state index contributed by atoms with van der Waals surface area (Å²) in [4.78, 5) is 6.88. The maximum atomic E-state index is 5.94. The average molecular weight is 305 g/mol. The van der Waals surface area contributed by atoms with Gasteiger partial charge in [0.25, 0.3) is 0 Å². The molecule has 22 heavy (non-hydrogen) atoms. The van der Waals surface area contributed by atoms with Gasteiger partial charge in [-0.1, -0.05) is 26.8 Å². The lowest BCUT2D eigenvalue weighted by Gasteiger charge is -2.27. The second-order valence-corrected chi connectivity index (χ2v) is 7.43. The van der Waals surface area contributed by atoms with Crippen molar-refractivity contribution >= 4 is 0 Å². The topological polar surface area (TPSA) is 51.4 Å². The van der Waals surface area contributed by atoms with E-state index in [-0.39, 0.29) is 0 Å². The van der Waals surface area contributed by atoms with Crippen LogP contribution in [0.4, 0.5) is 0 Å². The van der Waals surface area contributed by atoms with Crippen molar-refractivity contribution in [2.24, 2.45) is 17.1 Å². The molecule has 1 aromatic heterocycles. The Hall–Kier alpha value is -0.970. The number of ether oxygens (including phenoxy) is 1. The van der Waals surface area contributed by atoms with E-state index in [9.17, 15) is 0 Å². The zero-order chi connectivity index (χ0) is 16.0. The normalized spacial score (nSPS) is 23.1. The van der Waals surface area contributed by atoms with Gasteiger partial charge in [-0.15, -0.1) is 0 Å². The van der Waals surface area contributed by atoms with Crippen LogP contribution in [0, 0.1) is 11.3 Å². The summed E-state index contributed by atoms with van der Waals surface area (Å²) in [6.07, 6.45) is 4.10. The van der Waals surface area contributed by atoms with Gasteiger partial charge in [0.1, 0.15) is 0 Å². The summed E-state index contributed by atoms with van der Waals surface area (Å²) < 4.78 is 5.94. The number of aromatic nitrogens is 1. The van der Waals surface area contributed by atoms with Crippen LogP contribution in [0.25, 0.3) is 0 Å². The molecule has 0 aromatic carbocycles. The highest BCUT2D eigenvalue weighted by Crippen LogP contribution is 2.36. The van der Waals surface area contributed by atoms with Crippen molar-refractivity contribution in [2.45, 2.75) is 46.3 Å². The van der Waals surface area contributed by atoms with E-state index in [1.54, 1.807) is 0 Å². The molecule has 124 valence electrons. The minimum absolute atomic E-state index is 0.358. The molecule has 1 fully saturated rings. The van der Waals surface area contributed by atoms with Gasteiger partial charge in [0.2, 0.25) is 0 Å². The summed E-state index contributed by atoms with van der Waals surface area (Å²) in [6.45, 7) is 11.4. The molecule has 0 bridgehead atoms. The molecule has 0 radical (unpaired) electrons. The second kappa shape index (κ2) is 8.04. The van der Waals surface area contributed by atoms with Crippen LogP contribution in [0.15, 0.2) is 24.4 Å². The smallest absolute Gasteiger partial charge is 0.0888 e. The molecule has 4 heteroatoms. The summed E-state index contributed by atoms with van der Waals surface area (Å²) in [7, 11) is 0. The number of pyridine rings is 1. The van der Waals surface area contributed by atoms with Gasteiger partial charge in [-0.3, -0.25) is 9.88 Å². The van der Waals surface area contributed by atoms with Crippen molar-refractivity contribution in [1.82, 2.24) is 9.88 Å². The lowest BCUT2D eigenvalue weighted by atomic mass is 9.79. The third kappa shape index (κ3) is 5.04. The van der Waals surface area contributed by atoms with Crippen molar-refractivity contribution in [3.05, 3.63) is 30.1 Å². The van der Waals surface area contributed by atoms with Crippen molar-refractivity contribution in [2.75, 3.05) is 26.2 Å². The molecule has 4 nitrogen and oxygen atoms in total. The maximum absolute atomic E-state index is 5.94. The fourth-order valence-electron chi connectivity index (χ4n) is 3.14. The van der Waals surface area contributed by atoms with Crippen LogP contribution < -0.4 is 5.73 Å². The van der Waals surface area contributed by atoms with E-state index < -0.39 is 0 Å². The summed E-state index contributed by atoms with van der Waals surface area (Å²) >= 11 is 0. The number of likely N-dealkylation sites (tertiary alicyclic amines) is 1. The van der Waals surface area contributed by atoms with Gasteiger partial charge in [0, 0.05) is 18.8 Å². The molecule has 1 saturated heterocycles. The number of nitrogens with two attached hydrogens (primary N) is 1. The molecule has 2 N–H and O–H groups in total. The summed E-state index contributed by atoms with van der Waals surface area (Å²) in [5.74, 6) is 0.730. The van der Waals surface area contributed by atoms with Crippen LogP contribution in [-0.2, 0) is 11.3 Å². The highest BCUT2D eigenvalue weighted by atomic mass is 16.5. The fraction of sp³-hybridized carbons (Fsp3) is 0.722. The molecule has 1 aromatic rings. The average Bonchev–Trinajstić information content (AvgIpc) is 2.90. The predicted molar refractivity (Wildman–Crippen MR) is 90.5 cm³/mol. The molecule has 2 heterocycles.